The van der Waals surface area contributed by atoms with Crippen LogP contribution >= 0.6 is 0 Å². The molecule has 7 nitrogen and oxygen atoms in total. The molecule has 1 amide bonds. The average Bonchev–Trinajstić information content (AvgIpc) is 3.01. The van der Waals surface area contributed by atoms with Gasteiger partial charge < -0.3 is 10.6 Å². The van der Waals surface area contributed by atoms with E-state index in [2.05, 4.69) is 31.8 Å². The van der Waals surface area contributed by atoms with E-state index in [1.807, 2.05) is 26.0 Å². The number of rotatable bonds is 6. The molecule has 0 aliphatic rings. The Hall–Kier alpha value is -3.29. The molecule has 3 rings (SSSR count). The summed E-state index contributed by atoms with van der Waals surface area (Å²) in [6, 6.07) is 9.45. The van der Waals surface area contributed by atoms with Crippen molar-refractivity contribution >= 4 is 17.5 Å². The van der Waals surface area contributed by atoms with Gasteiger partial charge in [-0.3, -0.25) is 9.48 Å². The van der Waals surface area contributed by atoms with Crippen molar-refractivity contribution in [2.75, 3.05) is 18.5 Å². The highest BCUT2D eigenvalue weighted by Gasteiger charge is 2.15. The molecule has 0 saturated heterocycles. The Morgan fingerprint density at radius 3 is 2.59 bits per heavy atom. The molecule has 140 valence electrons. The fourth-order valence-electron chi connectivity index (χ4n) is 2.79. The van der Waals surface area contributed by atoms with Crippen LogP contribution in [-0.2, 0) is 7.05 Å². The van der Waals surface area contributed by atoms with Crippen LogP contribution in [0.4, 0.5) is 16.0 Å². The topological polar surface area (TPSA) is 84.7 Å². The zero-order chi connectivity index (χ0) is 19.4. The first kappa shape index (κ1) is 18.5. The van der Waals surface area contributed by atoms with Gasteiger partial charge in [0.2, 0.25) is 5.95 Å². The van der Waals surface area contributed by atoms with Crippen LogP contribution in [0.2, 0.25) is 0 Å². The maximum atomic E-state index is 12.3. The first-order valence-electron chi connectivity index (χ1n) is 8.53. The van der Waals surface area contributed by atoms with Gasteiger partial charge in [0.05, 0.1) is 5.69 Å². The van der Waals surface area contributed by atoms with Gasteiger partial charge >= 0.3 is 0 Å². The Balaban J connectivity index is 1.84. The van der Waals surface area contributed by atoms with Gasteiger partial charge in [-0.15, -0.1) is 0 Å². The van der Waals surface area contributed by atoms with Crippen molar-refractivity contribution in [2.24, 2.45) is 7.05 Å². The average molecular weight is 368 g/mol. The third-order valence-electron chi connectivity index (χ3n) is 3.89. The summed E-state index contributed by atoms with van der Waals surface area (Å²) in [7, 11) is 1.66. The van der Waals surface area contributed by atoms with Crippen molar-refractivity contribution in [1.29, 1.82) is 0 Å². The molecule has 0 saturated carbocycles. The summed E-state index contributed by atoms with van der Waals surface area (Å²) >= 11 is 0. The number of nitrogens with zero attached hydrogens (tertiary/aromatic N) is 4. The maximum Gasteiger partial charge on any atom is 0.269 e. The highest BCUT2D eigenvalue weighted by atomic mass is 19.1. The number of alkyl halides is 1. The molecule has 0 aliphatic carbocycles. The minimum Gasteiger partial charge on any atom is -0.348 e. The first-order chi connectivity index (χ1) is 13.0. The van der Waals surface area contributed by atoms with Crippen LogP contribution in [0, 0.1) is 13.8 Å². The summed E-state index contributed by atoms with van der Waals surface area (Å²) in [5.74, 6) is 0.0584. The van der Waals surface area contributed by atoms with Crippen molar-refractivity contribution in [3.8, 4) is 11.4 Å². The molecular formula is C19H21FN6O. The van der Waals surface area contributed by atoms with Crippen molar-refractivity contribution in [2.45, 2.75) is 13.8 Å². The fourth-order valence-corrected chi connectivity index (χ4v) is 2.79. The van der Waals surface area contributed by atoms with Crippen LogP contribution in [0.15, 0.2) is 36.5 Å². The van der Waals surface area contributed by atoms with Crippen molar-refractivity contribution in [3.05, 3.63) is 53.3 Å². The largest absolute Gasteiger partial charge is 0.348 e. The van der Waals surface area contributed by atoms with E-state index in [9.17, 15) is 9.18 Å². The van der Waals surface area contributed by atoms with Crippen molar-refractivity contribution in [3.63, 3.8) is 0 Å². The number of amides is 1. The molecule has 0 unspecified atom stereocenters. The zero-order valence-electron chi connectivity index (χ0n) is 15.5. The SMILES string of the molecule is Cc1cc(C)cc(Nc2nccc(-c3cc(C(=O)NCCF)n(C)n3)n2)c1. The van der Waals surface area contributed by atoms with Gasteiger partial charge in [0.15, 0.2) is 0 Å². The molecule has 0 radical (unpaired) electrons. The molecule has 0 spiro atoms. The number of halogens is 1. The third kappa shape index (κ3) is 4.46. The van der Waals surface area contributed by atoms with Crippen LogP contribution in [0.25, 0.3) is 11.4 Å². The number of benzene rings is 1. The molecule has 27 heavy (non-hydrogen) atoms. The lowest BCUT2D eigenvalue weighted by Crippen LogP contribution is -2.27. The van der Waals surface area contributed by atoms with Crippen LogP contribution < -0.4 is 10.6 Å². The Morgan fingerprint density at radius 2 is 1.89 bits per heavy atom. The second-order valence-corrected chi connectivity index (χ2v) is 6.25. The lowest BCUT2D eigenvalue weighted by atomic mass is 10.1. The van der Waals surface area contributed by atoms with Gasteiger partial charge in [-0.2, -0.15) is 5.10 Å². The quantitative estimate of drug-likeness (QED) is 0.699. The van der Waals surface area contributed by atoms with E-state index in [4.69, 9.17) is 0 Å². The number of aryl methyl sites for hydroxylation is 3. The van der Waals surface area contributed by atoms with E-state index in [0.717, 1.165) is 16.8 Å². The highest BCUT2D eigenvalue weighted by molar-refractivity contribution is 5.93. The predicted molar refractivity (Wildman–Crippen MR) is 102 cm³/mol. The summed E-state index contributed by atoms with van der Waals surface area (Å²) in [6.45, 7) is 3.41. The van der Waals surface area contributed by atoms with E-state index in [-0.39, 0.29) is 12.5 Å². The Labute approximate surface area is 156 Å². The molecule has 0 atom stereocenters. The van der Waals surface area contributed by atoms with Crippen LogP contribution in [-0.4, -0.2) is 38.9 Å². The number of carbonyl (C=O) groups is 1. The molecule has 8 heteroatoms. The molecule has 2 aromatic heterocycles. The zero-order valence-corrected chi connectivity index (χ0v) is 15.5. The summed E-state index contributed by atoms with van der Waals surface area (Å²) in [5, 5.41) is 10.0. The fraction of sp³-hybridized carbons (Fsp3) is 0.263. The third-order valence-corrected chi connectivity index (χ3v) is 3.89. The maximum absolute atomic E-state index is 12.3. The Kier molecular flexibility index (Phi) is 5.44. The Morgan fingerprint density at radius 1 is 1.15 bits per heavy atom. The van der Waals surface area contributed by atoms with E-state index in [1.54, 1.807) is 25.4 Å². The normalized spacial score (nSPS) is 10.7. The summed E-state index contributed by atoms with van der Waals surface area (Å²) in [4.78, 5) is 20.8. The molecule has 1 aromatic carbocycles. The van der Waals surface area contributed by atoms with Crippen LogP contribution in [0.1, 0.15) is 21.6 Å². The number of hydrogen-bond donors (Lipinski definition) is 2. The molecule has 2 heterocycles. The lowest BCUT2D eigenvalue weighted by Gasteiger charge is -2.07. The monoisotopic (exact) mass is 368 g/mol. The minimum atomic E-state index is -0.615. The van der Waals surface area contributed by atoms with Crippen LogP contribution in [0.3, 0.4) is 0 Å². The molecule has 0 aliphatic heterocycles. The van der Waals surface area contributed by atoms with Gasteiger partial charge in [-0.1, -0.05) is 6.07 Å². The van der Waals surface area contributed by atoms with Gasteiger partial charge in [-0.25, -0.2) is 14.4 Å². The summed E-state index contributed by atoms with van der Waals surface area (Å²) < 4.78 is 13.7. The van der Waals surface area contributed by atoms with Gasteiger partial charge in [-0.05, 0) is 49.2 Å². The number of hydrogen-bond acceptors (Lipinski definition) is 5. The van der Waals surface area contributed by atoms with Crippen molar-refractivity contribution in [1.82, 2.24) is 25.1 Å². The molecule has 2 N–H and O–H groups in total. The second kappa shape index (κ2) is 7.94. The number of aromatic nitrogens is 4. The molecular weight excluding hydrogens is 347 g/mol. The Bertz CT molecular complexity index is 948. The van der Waals surface area contributed by atoms with E-state index < -0.39 is 6.67 Å². The summed E-state index contributed by atoms with van der Waals surface area (Å²) in [5.41, 5.74) is 4.63. The first-order valence-corrected chi connectivity index (χ1v) is 8.53. The van der Waals surface area contributed by atoms with Gasteiger partial charge in [0.1, 0.15) is 18.1 Å². The van der Waals surface area contributed by atoms with Gasteiger partial charge in [0.25, 0.3) is 5.91 Å². The van der Waals surface area contributed by atoms with E-state index >= 15 is 0 Å². The second-order valence-electron chi connectivity index (χ2n) is 6.25. The smallest absolute Gasteiger partial charge is 0.269 e. The van der Waals surface area contributed by atoms with E-state index in [0.29, 0.717) is 23.0 Å². The van der Waals surface area contributed by atoms with Crippen molar-refractivity contribution < 1.29 is 9.18 Å². The highest BCUT2D eigenvalue weighted by Crippen LogP contribution is 2.21. The predicted octanol–water partition coefficient (Wildman–Crippen LogP) is 2.94. The van der Waals surface area contributed by atoms with Gasteiger partial charge in [0, 0.05) is 25.5 Å². The number of anilines is 2. The van der Waals surface area contributed by atoms with E-state index in [1.165, 1.54) is 4.68 Å². The van der Waals surface area contributed by atoms with Crippen LogP contribution in [0.5, 0.6) is 0 Å². The molecule has 3 aromatic rings. The number of carbonyl (C=O) groups excluding carboxylic acids is 1. The summed E-state index contributed by atoms with van der Waals surface area (Å²) in [6.07, 6.45) is 1.63. The lowest BCUT2D eigenvalue weighted by molar-refractivity contribution is 0.0941. The minimum absolute atomic E-state index is 0.0309. The number of nitrogens with one attached hydrogen (secondary N) is 2. The molecule has 0 bridgehead atoms. The standard InChI is InChI=1S/C19H21FN6O/c1-12-8-13(2)10-14(9-12)23-19-22-6-4-15(24-19)16-11-17(26(3)25-16)18(27)21-7-5-20/h4,6,8-11H,5,7H2,1-3H3,(H,21,27)(H,22,23,24). The molecule has 0 fully saturated rings.